The molecule has 0 aliphatic carbocycles. The first kappa shape index (κ1) is 12.3. The number of fused-ring (bicyclic) bond motifs is 1. The smallest absolute Gasteiger partial charge is 0.383 e. The molecular formula is C12H12O6. The SMILES string of the molecule is COc1c(O)c2ccc(OCCO)cc2oc1=O. The van der Waals surface area contributed by atoms with Gasteiger partial charge in [0.15, 0.2) is 5.75 Å². The van der Waals surface area contributed by atoms with Crippen LogP contribution >= 0.6 is 0 Å². The van der Waals surface area contributed by atoms with Gasteiger partial charge in [-0.25, -0.2) is 4.79 Å². The minimum atomic E-state index is -0.762. The Bertz CT molecular complexity index is 616. The minimum absolute atomic E-state index is 0.115. The first-order valence-electron chi connectivity index (χ1n) is 5.25. The summed E-state index contributed by atoms with van der Waals surface area (Å²) >= 11 is 0. The van der Waals surface area contributed by atoms with Gasteiger partial charge >= 0.3 is 5.63 Å². The highest BCUT2D eigenvalue weighted by Crippen LogP contribution is 2.32. The maximum atomic E-state index is 11.5. The molecule has 0 amide bonds. The van der Waals surface area contributed by atoms with E-state index in [0.29, 0.717) is 11.1 Å². The van der Waals surface area contributed by atoms with Crippen molar-refractivity contribution in [3.8, 4) is 17.2 Å². The fraction of sp³-hybridized carbons (Fsp3) is 0.250. The molecule has 1 aromatic carbocycles. The molecule has 2 N–H and O–H groups in total. The second kappa shape index (κ2) is 4.97. The molecule has 96 valence electrons. The summed E-state index contributed by atoms with van der Waals surface area (Å²) in [7, 11) is 1.27. The maximum Gasteiger partial charge on any atom is 0.383 e. The number of ether oxygens (including phenoxy) is 2. The third kappa shape index (κ3) is 2.10. The van der Waals surface area contributed by atoms with E-state index in [9.17, 15) is 9.90 Å². The van der Waals surface area contributed by atoms with Crippen molar-refractivity contribution in [2.45, 2.75) is 0 Å². The van der Waals surface area contributed by atoms with Crippen LogP contribution in [-0.2, 0) is 0 Å². The first-order valence-corrected chi connectivity index (χ1v) is 5.25. The third-order valence-electron chi connectivity index (χ3n) is 2.38. The molecule has 6 heteroatoms. The molecule has 0 atom stereocenters. The van der Waals surface area contributed by atoms with Gasteiger partial charge in [-0.05, 0) is 12.1 Å². The number of benzene rings is 1. The van der Waals surface area contributed by atoms with Gasteiger partial charge in [0.05, 0.1) is 19.1 Å². The van der Waals surface area contributed by atoms with Crippen molar-refractivity contribution in [2.75, 3.05) is 20.3 Å². The number of methoxy groups -OCH3 is 1. The number of hydrogen-bond donors (Lipinski definition) is 2. The Morgan fingerprint density at radius 1 is 1.39 bits per heavy atom. The molecule has 0 fully saturated rings. The summed E-state index contributed by atoms with van der Waals surface area (Å²) in [5.74, 6) is -0.0618. The highest BCUT2D eigenvalue weighted by molar-refractivity contribution is 5.86. The van der Waals surface area contributed by atoms with Crippen molar-refractivity contribution < 1.29 is 24.1 Å². The lowest BCUT2D eigenvalue weighted by molar-refractivity contribution is 0.201. The summed E-state index contributed by atoms with van der Waals surface area (Å²) in [5.41, 5.74) is -0.574. The lowest BCUT2D eigenvalue weighted by Gasteiger charge is -2.07. The third-order valence-corrected chi connectivity index (χ3v) is 2.38. The van der Waals surface area contributed by atoms with Crippen molar-refractivity contribution in [3.63, 3.8) is 0 Å². The number of aromatic hydroxyl groups is 1. The number of rotatable bonds is 4. The largest absolute Gasteiger partial charge is 0.504 e. The fourth-order valence-corrected chi connectivity index (χ4v) is 1.58. The maximum absolute atomic E-state index is 11.5. The van der Waals surface area contributed by atoms with E-state index < -0.39 is 5.63 Å². The molecule has 0 spiro atoms. The van der Waals surface area contributed by atoms with Crippen LogP contribution in [0.25, 0.3) is 11.0 Å². The molecule has 0 radical (unpaired) electrons. The van der Waals surface area contributed by atoms with Crippen molar-refractivity contribution in [3.05, 3.63) is 28.6 Å². The highest BCUT2D eigenvalue weighted by atomic mass is 16.5. The Kier molecular flexibility index (Phi) is 3.38. The highest BCUT2D eigenvalue weighted by Gasteiger charge is 2.14. The summed E-state index contributed by atoms with van der Waals surface area (Å²) in [4.78, 5) is 11.5. The first-order chi connectivity index (χ1) is 8.67. The second-order valence-corrected chi connectivity index (χ2v) is 3.50. The Hall–Kier alpha value is -2.21. The molecular weight excluding hydrogens is 240 g/mol. The minimum Gasteiger partial charge on any atom is -0.504 e. The fourth-order valence-electron chi connectivity index (χ4n) is 1.58. The predicted molar refractivity (Wildman–Crippen MR) is 63.3 cm³/mol. The summed E-state index contributed by atoms with van der Waals surface area (Å²) in [5, 5.41) is 18.8. The van der Waals surface area contributed by atoms with Gasteiger partial charge in [0.2, 0.25) is 5.75 Å². The molecule has 0 bridgehead atoms. The molecule has 0 unspecified atom stereocenters. The number of aliphatic hydroxyl groups is 1. The van der Waals surface area contributed by atoms with E-state index in [-0.39, 0.29) is 30.3 Å². The van der Waals surface area contributed by atoms with Crippen molar-refractivity contribution in [1.82, 2.24) is 0 Å². The van der Waals surface area contributed by atoms with Crippen LogP contribution in [0.2, 0.25) is 0 Å². The van der Waals surface area contributed by atoms with Crippen LogP contribution in [0.5, 0.6) is 17.2 Å². The zero-order chi connectivity index (χ0) is 13.1. The van der Waals surface area contributed by atoms with Crippen LogP contribution in [0.4, 0.5) is 0 Å². The topological polar surface area (TPSA) is 89.1 Å². The van der Waals surface area contributed by atoms with Gasteiger partial charge in [-0.15, -0.1) is 0 Å². The van der Waals surface area contributed by atoms with Gasteiger partial charge in [-0.2, -0.15) is 0 Å². The van der Waals surface area contributed by atoms with E-state index in [4.69, 9.17) is 19.0 Å². The molecule has 0 aliphatic heterocycles. The van der Waals surface area contributed by atoms with Crippen molar-refractivity contribution in [1.29, 1.82) is 0 Å². The van der Waals surface area contributed by atoms with E-state index in [0.717, 1.165) is 0 Å². The summed E-state index contributed by atoms with van der Waals surface area (Å²) < 4.78 is 14.9. The van der Waals surface area contributed by atoms with E-state index in [1.54, 1.807) is 12.1 Å². The van der Waals surface area contributed by atoms with Crippen LogP contribution in [0.3, 0.4) is 0 Å². The van der Waals surface area contributed by atoms with Gasteiger partial charge in [0, 0.05) is 6.07 Å². The standard InChI is InChI=1S/C12H12O6/c1-16-11-10(14)8-3-2-7(17-5-4-13)6-9(8)18-12(11)15/h2-3,6,13-14H,4-5H2,1H3. The van der Waals surface area contributed by atoms with E-state index in [1.807, 2.05) is 0 Å². The van der Waals surface area contributed by atoms with Crippen LogP contribution in [0, 0.1) is 0 Å². The predicted octanol–water partition coefficient (Wildman–Crippen LogP) is 0.878. The number of aliphatic hydroxyl groups excluding tert-OH is 1. The molecule has 2 rings (SSSR count). The monoisotopic (exact) mass is 252 g/mol. The molecule has 1 heterocycles. The lowest BCUT2D eigenvalue weighted by Crippen LogP contribution is -2.04. The molecule has 2 aromatic rings. The normalized spacial score (nSPS) is 10.6. The van der Waals surface area contributed by atoms with Gasteiger partial charge in [0.25, 0.3) is 0 Å². The van der Waals surface area contributed by atoms with Crippen molar-refractivity contribution >= 4 is 11.0 Å². The summed E-state index contributed by atoms with van der Waals surface area (Å²) in [6.45, 7) is 0.0216. The van der Waals surface area contributed by atoms with Gasteiger partial charge in [0.1, 0.15) is 17.9 Å². The van der Waals surface area contributed by atoms with E-state index in [1.165, 1.54) is 13.2 Å². The average Bonchev–Trinajstić information content (AvgIpc) is 2.36. The van der Waals surface area contributed by atoms with Crippen molar-refractivity contribution in [2.24, 2.45) is 0 Å². The zero-order valence-electron chi connectivity index (χ0n) is 9.67. The van der Waals surface area contributed by atoms with Gasteiger partial charge < -0.3 is 24.1 Å². The molecule has 0 aliphatic rings. The lowest BCUT2D eigenvalue weighted by atomic mass is 10.2. The summed E-state index contributed by atoms with van der Waals surface area (Å²) in [6.07, 6.45) is 0. The Morgan fingerprint density at radius 3 is 2.83 bits per heavy atom. The van der Waals surface area contributed by atoms with E-state index in [2.05, 4.69) is 0 Å². The van der Waals surface area contributed by atoms with Crippen LogP contribution in [0.1, 0.15) is 0 Å². The quantitative estimate of drug-likeness (QED) is 0.785. The molecule has 0 saturated carbocycles. The average molecular weight is 252 g/mol. The Labute approximate surface area is 102 Å². The van der Waals surface area contributed by atoms with Crippen LogP contribution in [0.15, 0.2) is 27.4 Å². The molecule has 0 saturated heterocycles. The van der Waals surface area contributed by atoms with Crippen LogP contribution in [-0.4, -0.2) is 30.5 Å². The molecule has 18 heavy (non-hydrogen) atoms. The summed E-state index contributed by atoms with van der Waals surface area (Å²) in [6, 6.07) is 4.60. The van der Waals surface area contributed by atoms with Gasteiger partial charge in [-0.3, -0.25) is 0 Å². The second-order valence-electron chi connectivity index (χ2n) is 3.50. The molecule has 6 nitrogen and oxygen atoms in total. The van der Waals surface area contributed by atoms with Gasteiger partial charge in [-0.1, -0.05) is 0 Å². The van der Waals surface area contributed by atoms with Crippen LogP contribution < -0.4 is 15.1 Å². The zero-order valence-corrected chi connectivity index (χ0v) is 9.67. The molecule has 1 aromatic heterocycles. The Balaban J connectivity index is 2.55. The Morgan fingerprint density at radius 2 is 2.17 bits per heavy atom. The number of hydrogen-bond acceptors (Lipinski definition) is 6. The van der Waals surface area contributed by atoms with E-state index >= 15 is 0 Å².